The summed E-state index contributed by atoms with van der Waals surface area (Å²) in [6.45, 7) is 5.74. The highest BCUT2D eigenvalue weighted by atomic mass is 35.5. The molecular formula is C18H24Cl2N2O. The van der Waals surface area contributed by atoms with Crippen molar-refractivity contribution in [3.8, 4) is 0 Å². The van der Waals surface area contributed by atoms with Crippen molar-refractivity contribution in [1.29, 1.82) is 0 Å². The van der Waals surface area contributed by atoms with Crippen LogP contribution in [-0.4, -0.2) is 30.4 Å². The van der Waals surface area contributed by atoms with Crippen molar-refractivity contribution < 1.29 is 4.79 Å². The fourth-order valence-electron chi connectivity index (χ4n) is 3.73. The van der Waals surface area contributed by atoms with Gasteiger partial charge in [-0.15, -0.1) is 0 Å². The number of halogens is 2. The molecule has 1 N–H and O–H groups in total. The van der Waals surface area contributed by atoms with Crippen molar-refractivity contribution in [2.75, 3.05) is 19.6 Å². The number of amides is 1. The molecule has 0 bridgehead atoms. The van der Waals surface area contributed by atoms with E-state index >= 15 is 0 Å². The number of nitrogens with one attached hydrogen (secondary N) is 1. The monoisotopic (exact) mass is 354 g/mol. The van der Waals surface area contributed by atoms with Crippen LogP contribution in [0.1, 0.15) is 37.3 Å². The van der Waals surface area contributed by atoms with Gasteiger partial charge in [-0.1, -0.05) is 30.1 Å². The maximum Gasteiger partial charge on any atom is 0.223 e. The Hall–Kier alpha value is -0.770. The maximum atomic E-state index is 12.7. The Balaban J connectivity index is 1.62. The molecule has 1 fully saturated rings. The molecule has 2 aliphatic heterocycles. The van der Waals surface area contributed by atoms with Crippen molar-refractivity contribution in [2.24, 2.45) is 11.8 Å². The smallest absolute Gasteiger partial charge is 0.223 e. The average Bonchev–Trinajstić information content (AvgIpc) is 2.55. The van der Waals surface area contributed by atoms with Gasteiger partial charge in [-0.05, 0) is 67.4 Å². The summed E-state index contributed by atoms with van der Waals surface area (Å²) in [6, 6.07) is 3.74. The summed E-state index contributed by atoms with van der Waals surface area (Å²) >= 11 is 12.4. The molecule has 3 nitrogen and oxygen atoms in total. The van der Waals surface area contributed by atoms with Crippen molar-refractivity contribution >= 4 is 29.1 Å². The van der Waals surface area contributed by atoms with Gasteiger partial charge in [-0.3, -0.25) is 4.79 Å². The van der Waals surface area contributed by atoms with Crippen molar-refractivity contribution in [3.63, 3.8) is 0 Å². The molecule has 0 aromatic heterocycles. The fraction of sp³-hybridized carbons (Fsp3) is 0.611. The number of fused-ring (bicyclic) bond motifs is 1. The largest absolute Gasteiger partial charge is 0.338 e. The summed E-state index contributed by atoms with van der Waals surface area (Å²) in [6.07, 6.45) is 3.92. The molecule has 5 heteroatoms. The molecule has 2 heterocycles. The van der Waals surface area contributed by atoms with Crippen molar-refractivity contribution in [3.05, 3.63) is 33.3 Å². The van der Waals surface area contributed by atoms with Crippen molar-refractivity contribution in [2.45, 2.75) is 39.2 Å². The zero-order chi connectivity index (χ0) is 16.4. The third kappa shape index (κ3) is 4.01. The number of rotatable bonds is 3. The third-order valence-corrected chi connectivity index (χ3v) is 5.80. The number of piperidine rings is 1. The highest BCUT2D eigenvalue weighted by Gasteiger charge is 2.27. The minimum absolute atomic E-state index is 0.250. The van der Waals surface area contributed by atoms with Gasteiger partial charge in [0, 0.05) is 29.6 Å². The predicted molar refractivity (Wildman–Crippen MR) is 95.0 cm³/mol. The molecule has 0 saturated carbocycles. The molecule has 0 spiro atoms. The van der Waals surface area contributed by atoms with E-state index < -0.39 is 0 Å². The van der Waals surface area contributed by atoms with Gasteiger partial charge in [0.15, 0.2) is 0 Å². The van der Waals surface area contributed by atoms with E-state index in [1.54, 1.807) is 6.07 Å². The van der Waals surface area contributed by atoms with Gasteiger partial charge in [-0.25, -0.2) is 0 Å². The molecular weight excluding hydrogens is 331 g/mol. The van der Waals surface area contributed by atoms with Gasteiger partial charge < -0.3 is 10.2 Å². The lowest BCUT2D eigenvalue weighted by Crippen LogP contribution is -2.39. The van der Waals surface area contributed by atoms with Crippen LogP contribution in [0.3, 0.4) is 0 Å². The van der Waals surface area contributed by atoms with Crippen molar-refractivity contribution in [1.82, 2.24) is 10.2 Å². The molecule has 126 valence electrons. The van der Waals surface area contributed by atoms with Crippen LogP contribution in [0.15, 0.2) is 12.1 Å². The van der Waals surface area contributed by atoms with Gasteiger partial charge in [0.2, 0.25) is 5.91 Å². The molecule has 0 aliphatic carbocycles. The van der Waals surface area contributed by atoms with E-state index in [1.807, 2.05) is 11.0 Å². The molecule has 2 unspecified atom stereocenters. The molecule has 2 atom stereocenters. The minimum atomic E-state index is 0.250. The Morgan fingerprint density at radius 1 is 1.43 bits per heavy atom. The number of carbonyl (C=O) groups is 1. The lowest BCUT2D eigenvalue weighted by molar-refractivity contribution is -0.133. The van der Waals surface area contributed by atoms with E-state index in [4.69, 9.17) is 23.2 Å². The second-order valence-electron chi connectivity index (χ2n) is 6.88. The van der Waals surface area contributed by atoms with Crippen LogP contribution < -0.4 is 5.32 Å². The Bertz CT molecular complexity index is 585. The summed E-state index contributed by atoms with van der Waals surface area (Å²) < 4.78 is 0. The van der Waals surface area contributed by atoms with E-state index in [0.29, 0.717) is 34.8 Å². The van der Waals surface area contributed by atoms with Gasteiger partial charge in [0.1, 0.15) is 0 Å². The average molecular weight is 355 g/mol. The second kappa shape index (κ2) is 7.42. The number of hydrogen-bond acceptors (Lipinski definition) is 2. The number of nitrogens with zero attached hydrogens (tertiary/aromatic N) is 1. The molecule has 1 aromatic rings. The van der Waals surface area contributed by atoms with E-state index in [-0.39, 0.29) is 5.91 Å². The first-order valence-electron chi connectivity index (χ1n) is 8.50. The first-order valence-corrected chi connectivity index (χ1v) is 9.25. The van der Waals surface area contributed by atoms with Crippen LogP contribution in [0.25, 0.3) is 0 Å². The zero-order valence-electron chi connectivity index (χ0n) is 13.6. The van der Waals surface area contributed by atoms with E-state index in [2.05, 4.69) is 12.2 Å². The summed E-state index contributed by atoms with van der Waals surface area (Å²) in [4.78, 5) is 14.6. The Morgan fingerprint density at radius 3 is 3.00 bits per heavy atom. The Labute approximate surface area is 148 Å². The zero-order valence-corrected chi connectivity index (χ0v) is 15.1. The lowest BCUT2D eigenvalue weighted by Gasteiger charge is -2.33. The highest BCUT2D eigenvalue weighted by Crippen LogP contribution is 2.31. The summed E-state index contributed by atoms with van der Waals surface area (Å²) in [5.74, 6) is 1.30. The molecule has 23 heavy (non-hydrogen) atoms. The summed E-state index contributed by atoms with van der Waals surface area (Å²) in [7, 11) is 0. The van der Waals surface area contributed by atoms with Crippen LogP contribution in [0.4, 0.5) is 0 Å². The first kappa shape index (κ1) is 17.1. The molecule has 2 aliphatic rings. The SMILES string of the molecule is CC(CC(=O)N1CCc2cc(Cl)cc(Cl)c2C1)C1CCCNC1. The van der Waals surface area contributed by atoms with Crippen LogP contribution in [-0.2, 0) is 17.8 Å². The van der Waals surface area contributed by atoms with Crippen LogP contribution in [0.5, 0.6) is 0 Å². The quantitative estimate of drug-likeness (QED) is 0.892. The van der Waals surface area contributed by atoms with E-state index in [9.17, 15) is 4.79 Å². The molecule has 0 radical (unpaired) electrons. The van der Waals surface area contributed by atoms with Gasteiger partial charge in [0.25, 0.3) is 0 Å². The topological polar surface area (TPSA) is 32.3 Å². The number of carbonyl (C=O) groups excluding carboxylic acids is 1. The lowest BCUT2D eigenvalue weighted by atomic mass is 9.85. The summed E-state index contributed by atoms with van der Waals surface area (Å²) in [5.41, 5.74) is 2.23. The van der Waals surface area contributed by atoms with Gasteiger partial charge in [0.05, 0.1) is 0 Å². The van der Waals surface area contributed by atoms with Gasteiger partial charge in [-0.2, -0.15) is 0 Å². The predicted octanol–water partition coefficient (Wildman–Crippen LogP) is 3.90. The number of benzene rings is 1. The van der Waals surface area contributed by atoms with E-state index in [1.165, 1.54) is 18.4 Å². The maximum absolute atomic E-state index is 12.7. The van der Waals surface area contributed by atoms with E-state index in [0.717, 1.165) is 31.6 Å². The summed E-state index contributed by atoms with van der Waals surface area (Å²) in [5, 5.41) is 4.79. The van der Waals surface area contributed by atoms with Crippen LogP contribution in [0, 0.1) is 11.8 Å². The Kier molecular flexibility index (Phi) is 5.50. The fourth-order valence-corrected chi connectivity index (χ4v) is 4.33. The third-order valence-electron chi connectivity index (χ3n) is 5.24. The molecule has 1 amide bonds. The second-order valence-corrected chi connectivity index (χ2v) is 7.72. The minimum Gasteiger partial charge on any atom is -0.338 e. The first-order chi connectivity index (χ1) is 11.0. The Morgan fingerprint density at radius 2 is 2.26 bits per heavy atom. The molecule has 3 rings (SSSR count). The molecule has 1 saturated heterocycles. The van der Waals surface area contributed by atoms with Crippen LogP contribution in [0.2, 0.25) is 10.0 Å². The standard InChI is InChI=1S/C18H24Cl2N2O/c1-12(14-3-2-5-21-10-14)7-18(23)22-6-4-13-8-15(19)9-17(20)16(13)11-22/h8-9,12,14,21H,2-7,10-11H2,1H3. The van der Waals surface area contributed by atoms with Crippen LogP contribution >= 0.6 is 23.2 Å². The normalized spacial score (nSPS) is 22.6. The van der Waals surface area contributed by atoms with Gasteiger partial charge >= 0.3 is 0 Å². The molecule has 1 aromatic carbocycles. The number of hydrogen-bond donors (Lipinski definition) is 1. The highest BCUT2D eigenvalue weighted by molar-refractivity contribution is 6.35.